The number of fused-ring (bicyclic) bond motifs is 2. The van der Waals surface area contributed by atoms with Gasteiger partial charge in [-0.05, 0) is 94.3 Å². The van der Waals surface area contributed by atoms with Crippen LogP contribution in [0.25, 0.3) is 11.1 Å². The molecule has 10 heteroatoms. The third kappa shape index (κ3) is 4.57. The van der Waals surface area contributed by atoms with Crippen LogP contribution in [-0.2, 0) is 22.4 Å². The van der Waals surface area contributed by atoms with Crippen molar-refractivity contribution < 1.29 is 13.9 Å². The van der Waals surface area contributed by atoms with Gasteiger partial charge in [0.15, 0.2) is 4.80 Å². The predicted octanol–water partition coefficient (Wildman–Crippen LogP) is 5.16. The Hall–Kier alpha value is -4.07. The number of aromatic nitrogens is 2. The quantitative estimate of drug-likeness (QED) is 0.296. The number of thiazole rings is 1. The van der Waals surface area contributed by atoms with Crippen LogP contribution >= 0.6 is 22.7 Å². The number of benzene rings is 1. The Kier molecular flexibility index (Phi) is 7.33. The third-order valence-electron chi connectivity index (χ3n) is 7.93. The molecule has 0 bridgehead atoms. The molecule has 0 spiro atoms. The van der Waals surface area contributed by atoms with Gasteiger partial charge in [0.2, 0.25) is 0 Å². The summed E-state index contributed by atoms with van der Waals surface area (Å²) < 4.78 is 23.2. The summed E-state index contributed by atoms with van der Waals surface area (Å²) in [6.45, 7) is 7.63. The van der Waals surface area contributed by atoms with E-state index in [0.29, 0.717) is 20.6 Å². The fourth-order valence-electron chi connectivity index (χ4n) is 5.96. The van der Waals surface area contributed by atoms with E-state index in [9.17, 15) is 19.2 Å². The molecule has 1 aromatic carbocycles. The summed E-state index contributed by atoms with van der Waals surface area (Å²) in [4.78, 5) is 33.4. The van der Waals surface area contributed by atoms with Gasteiger partial charge in [-0.2, -0.15) is 5.26 Å². The van der Waals surface area contributed by atoms with Crippen LogP contribution in [0.15, 0.2) is 51.4 Å². The molecule has 0 fully saturated rings. The molecule has 0 radical (unpaired) electrons. The van der Waals surface area contributed by atoms with Crippen molar-refractivity contribution in [1.82, 2.24) is 9.13 Å². The van der Waals surface area contributed by atoms with E-state index >= 15 is 0 Å². The lowest BCUT2D eigenvalue weighted by atomic mass is 9.96. The van der Waals surface area contributed by atoms with Crippen LogP contribution in [0.5, 0.6) is 0 Å². The highest BCUT2D eigenvalue weighted by molar-refractivity contribution is 7.15. The lowest BCUT2D eigenvalue weighted by molar-refractivity contribution is -0.139. The molecule has 6 rings (SSSR count). The summed E-state index contributed by atoms with van der Waals surface area (Å²) in [6.07, 6.45) is 6.04. The van der Waals surface area contributed by atoms with E-state index in [2.05, 4.69) is 15.6 Å². The minimum Gasteiger partial charge on any atom is -0.463 e. The summed E-state index contributed by atoms with van der Waals surface area (Å²) in [5.41, 5.74) is 5.72. The highest BCUT2D eigenvalue weighted by Gasteiger charge is 2.33. The standard InChI is InChI=1S/C32H29FN4O3S2/c1-5-40-31(39)27-18(3)35-32-37(28(27)20-10-12-22(33)13-11-20)29(38)26(42-32)15-21-14-17(2)36(19(21)4)30-24(16-34)23-8-6-7-9-25(23)41-30/h10-15,28H,5-9H2,1-4H3/b26-15+/t28-/m0/s1. The van der Waals surface area contributed by atoms with Gasteiger partial charge >= 0.3 is 5.97 Å². The molecular formula is C32H29FN4O3S2. The third-order valence-corrected chi connectivity index (χ3v) is 10.2. The number of hydrogen-bond acceptors (Lipinski definition) is 7. The number of hydrogen-bond donors (Lipinski definition) is 0. The first-order valence-electron chi connectivity index (χ1n) is 13.9. The van der Waals surface area contributed by atoms with E-state index in [1.165, 1.54) is 38.5 Å². The molecule has 214 valence electrons. The Morgan fingerprint density at radius 2 is 1.93 bits per heavy atom. The molecular weight excluding hydrogens is 572 g/mol. The van der Waals surface area contributed by atoms with Crippen LogP contribution in [0.3, 0.4) is 0 Å². The average molecular weight is 601 g/mol. The number of ether oxygens (including phenoxy) is 1. The second-order valence-electron chi connectivity index (χ2n) is 10.5. The van der Waals surface area contributed by atoms with Gasteiger partial charge in [0.1, 0.15) is 16.9 Å². The van der Waals surface area contributed by atoms with Crippen molar-refractivity contribution >= 4 is 34.7 Å². The van der Waals surface area contributed by atoms with E-state index in [-0.39, 0.29) is 17.7 Å². The molecule has 3 aromatic heterocycles. The van der Waals surface area contributed by atoms with Gasteiger partial charge in [0.05, 0.1) is 34.0 Å². The Morgan fingerprint density at radius 1 is 1.19 bits per heavy atom. The summed E-state index contributed by atoms with van der Waals surface area (Å²) in [5.74, 6) is -0.969. The maximum Gasteiger partial charge on any atom is 0.338 e. The van der Waals surface area contributed by atoms with Crippen molar-refractivity contribution in [2.45, 2.75) is 59.4 Å². The van der Waals surface area contributed by atoms with Gasteiger partial charge in [-0.1, -0.05) is 23.5 Å². The Labute approximate surface area is 250 Å². The summed E-state index contributed by atoms with van der Waals surface area (Å²) in [6, 6.07) is 9.48. The average Bonchev–Trinajstić information content (AvgIpc) is 3.58. The largest absolute Gasteiger partial charge is 0.463 e. The fourth-order valence-corrected chi connectivity index (χ4v) is 8.45. The molecule has 1 aliphatic heterocycles. The van der Waals surface area contributed by atoms with Crippen molar-refractivity contribution in [1.29, 1.82) is 5.26 Å². The van der Waals surface area contributed by atoms with Gasteiger partial charge in [-0.3, -0.25) is 9.36 Å². The van der Waals surface area contributed by atoms with Crippen molar-refractivity contribution in [2.24, 2.45) is 4.99 Å². The summed E-state index contributed by atoms with van der Waals surface area (Å²) in [5, 5.41) is 11.0. The minimum absolute atomic E-state index is 0.173. The Bertz CT molecular complexity index is 2000. The van der Waals surface area contributed by atoms with Gasteiger partial charge < -0.3 is 9.30 Å². The van der Waals surface area contributed by atoms with Gasteiger partial charge in [-0.25, -0.2) is 14.2 Å². The van der Waals surface area contributed by atoms with E-state index in [1.807, 2.05) is 26.0 Å². The number of allylic oxidation sites excluding steroid dienone is 1. The predicted molar refractivity (Wildman–Crippen MR) is 161 cm³/mol. The molecule has 1 atom stereocenters. The van der Waals surface area contributed by atoms with Crippen molar-refractivity contribution in [3.8, 4) is 11.1 Å². The van der Waals surface area contributed by atoms with Crippen molar-refractivity contribution in [2.75, 3.05) is 6.61 Å². The SMILES string of the molecule is CCOC(=O)C1=C(C)N=c2s/c(=C/c3cc(C)n(-c4sc5c(c4C#N)CCCC5)c3C)c(=O)n2[C@H]1c1ccc(F)cc1. The van der Waals surface area contributed by atoms with Crippen LogP contribution < -0.4 is 14.9 Å². The topological polar surface area (TPSA) is 89.4 Å². The Morgan fingerprint density at radius 3 is 2.64 bits per heavy atom. The van der Waals surface area contributed by atoms with Gasteiger partial charge in [0, 0.05) is 16.3 Å². The summed E-state index contributed by atoms with van der Waals surface area (Å²) >= 11 is 2.94. The number of rotatable bonds is 5. The lowest BCUT2D eigenvalue weighted by Gasteiger charge is -2.24. The zero-order chi connectivity index (χ0) is 29.7. The van der Waals surface area contributed by atoms with E-state index in [1.54, 1.807) is 37.3 Å². The first-order valence-corrected chi connectivity index (χ1v) is 15.6. The number of nitriles is 1. The number of carbonyl (C=O) groups excluding carboxylic acids is 1. The normalized spacial score (nSPS) is 16.6. The van der Waals surface area contributed by atoms with E-state index in [4.69, 9.17) is 4.74 Å². The molecule has 4 heterocycles. The van der Waals surface area contributed by atoms with Crippen LogP contribution in [0, 0.1) is 31.0 Å². The lowest BCUT2D eigenvalue weighted by Crippen LogP contribution is -2.39. The molecule has 42 heavy (non-hydrogen) atoms. The number of halogens is 1. The van der Waals surface area contributed by atoms with E-state index in [0.717, 1.165) is 53.2 Å². The monoisotopic (exact) mass is 600 g/mol. The second-order valence-corrected chi connectivity index (χ2v) is 12.6. The molecule has 0 amide bonds. The molecule has 0 N–H and O–H groups in total. The number of aryl methyl sites for hydroxylation is 2. The number of esters is 1. The number of thiophene rings is 1. The molecule has 2 aliphatic rings. The number of carbonyl (C=O) groups is 1. The van der Waals surface area contributed by atoms with Gasteiger partial charge in [-0.15, -0.1) is 11.3 Å². The highest BCUT2D eigenvalue weighted by atomic mass is 32.1. The fraction of sp³-hybridized carbons (Fsp3) is 0.312. The summed E-state index contributed by atoms with van der Waals surface area (Å²) in [7, 11) is 0. The van der Waals surface area contributed by atoms with Crippen LogP contribution in [0.4, 0.5) is 4.39 Å². The molecule has 0 unspecified atom stereocenters. The van der Waals surface area contributed by atoms with Crippen LogP contribution in [0.1, 0.15) is 71.2 Å². The van der Waals surface area contributed by atoms with E-state index < -0.39 is 17.8 Å². The molecule has 0 saturated carbocycles. The smallest absolute Gasteiger partial charge is 0.338 e. The first-order chi connectivity index (χ1) is 20.2. The van der Waals surface area contributed by atoms with Crippen LogP contribution in [-0.4, -0.2) is 21.7 Å². The van der Waals surface area contributed by atoms with Crippen LogP contribution in [0.2, 0.25) is 0 Å². The molecule has 1 aliphatic carbocycles. The molecule has 0 saturated heterocycles. The Balaban J connectivity index is 1.51. The minimum atomic E-state index is -0.800. The van der Waals surface area contributed by atoms with Gasteiger partial charge in [0.25, 0.3) is 5.56 Å². The highest BCUT2D eigenvalue weighted by Crippen LogP contribution is 2.38. The number of nitrogens with zero attached hydrogens (tertiary/aromatic N) is 4. The zero-order valence-corrected chi connectivity index (χ0v) is 25.4. The molecule has 4 aromatic rings. The van der Waals surface area contributed by atoms with Crippen molar-refractivity contribution in [3.63, 3.8) is 0 Å². The zero-order valence-electron chi connectivity index (χ0n) is 23.8. The maximum absolute atomic E-state index is 14.0. The second kappa shape index (κ2) is 11.0. The molecule has 7 nitrogen and oxygen atoms in total. The first kappa shape index (κ1) is 28.1. The van der Waals surface area contributed by atoms with Crippen molar-refractivity contribution in [3.05, 3.63) is 106 Å². The maximum atomic E-state index is 14.0.